The average molecular weight is 402 g/mol. The van der Waals surface area contributed by atoms with E-state index in [9.17, 15) is 4.79 Å². The molecule has 0 aromatic heterocycles. The van der Waals surface area contributed by atoms with Gasteiger partial charge in [0, 0.05) is 0 Å². The zero-order chi connectivity index (χ0) is 20.8. The van der Waals surface area contributed by atoms with Gasteiger partial charge in [-0.05, 0) is 48.3 Å². The van der Waals surface area contributed by atoms with Crippen molar-refractivity contribution in [3.8, 4) is 0 Å². The third-order valence-electron chi connectivity index (χ3n) is 4.72. The molecule has 0 amide bonds. The summed E-state index contributed by atoms with van der Waals surface area (Å²) in [5.41, 5.74) is 1.48. The first-order valence-electron chi connectivity index (χ1n) is 9.84. The molecular weight excluding hydrogens is 375 g/mol. The van der Waals surface area contributed by atoms with E-state index in [0.717, 1.165) is 10.9 Å². The molecule has 148 valence electrons. The van der Waals surface area contributed by atoms with Gasteiger partial charge in [-0.15, -0.1) is 0 Å². The Labute approximate surface area is 175 Å². The van der Waals surface area contributed by atoms with Crippen molar-refractivity contribution in [2.24, 2.45) is 5.92 Å². The molecule has 0 saturated carbocycles. The number of esters is 1. The van der Waals surface area contributed by atoms with Crippen LogP contribution in [0.5, 0.6) is 0 Å². The van der Waals surface area contributed by atoms with Gasteiger partial charge in [0.1, 0.15) is 6.10 Å². The van der Waals surface area contributed by atoms with Gasteiger partial charge in [-0.1, -0.05) is 99.3 Å². The first kappa shape index (κ1) is 21.0. The maximum Gasteiger partial charge on any atom is 0.339 e. The van der Waals surface area contributed by atoms with Crippen molar-refractivity contribution in [3.63, 3.8) is 0 Å². The Balaban J connectivity index is 2.07. The quantitative estimate of drug-likeness (QED) is 0.308. The highest BCUT2D eigenvalue weighted by atomic mass is 31.1. The maximum absolute atomic E-state index is 13.2. The third kappa shape index (κ3) is 5.02. The molecule has 0 fully saturated rings. The highest BCUT2D eigenvalue weighted by molar-refractivity contribution is 7.80. The Morgan fingerprint density at radius 1 is 0.828 bits per heavy atom. The van der Waals surface area contributed by atoms with Gasteiger partial charge in [0.05, 0.1) is 5.56 Å². The molecule has 0 aliphatic heterocycles. The van der Waals surface area contributed by atoms with Gasteiger partial charge in [0.15, 0.2) is 0 Å². The van der Waals surface area contributed by atoms with Crippen molar-refractivity contribution < 1.29 is 9.53 Å². The van der Waals surface area contributed by atoms with E-state index in [1.54, 1.807) is 0 Å². The van der Waals surface area contributed by atoms with E-state index in [-0.39, 0.29) is 18.0 Å². The van der Waals surface area contributed by atoms with Crippen molar-refractivity contribution in [2.45, 2.75) is 26.9 Å². The molecule has 0 aliphatic rings. The van der Waals surface area contributed by atoms with Crippen LogP contribution in [0, 0.1) is 5.92 Å². The Morgan fingerprint density at radius 3 is 1.79 bits per heavy atom. The standard InChI is InChI=1S/C26H27O2P/c1-19(2)25(20(3)4)28-26(27)23-17-11-12-18-24(23)29(21-13-7-5-8-14-21)22-15-9-6-10-16-22/h5-18,20,25H,1H2,2-4H3. The molecule has 3 rings (SSSR count). The molecule has 0 heterocycles. The first-order valence-corrected chi connectivity index (χ1v) is 11.2. The Bertz CT molecular complexity index is 925. The summed E-state index contributed by atoms with van der Waals surface area (Å²) in [4.78, 5) is 13.2. The molecule has 0 saturated heterocycles. The highest BCUT2D eigenvalue weighted by Gasteiger charge is 2.26. The summed E-state index contributed by atoms with van der Waals surface area (Å²) >= 11 is 0. The lowest BCUT2D eigenvalue weighted by Gasteiger charge is -2.24. The molecule has 0 spiro atoms. The summed E-state index contributed by atoms with van der Waals surface area (Å²) in [6.07, 6.45) is -0.296. The fourth-order valence-electron chi connectivity index (χ4n) is 3.41. The van der Waals surface area contributed by atoms with E-state index in [2.05, 4.69) is 30.8 Å². The SMILES string of the molecule is C=C(C)C(OC(=O)c1ccccc1P(c1ccccc1)c1ccccc1)C(C)C. The average Bonchev–Trinajstić information content (AvgIpc) is 2.73. The molecule has 1 unspecified atom stereocenters. The van der Waals surface area contributed by atoms with Crippen LogP contribution in [0.2, 0.25) is 0 Å². The van der Waals surface area contributed by atoms with Crippen LogP contribution in [0.1, 0.15) is 31.1 Å². The fraction of sp³-hybridized carbons (Fsp3) is 0.192. The lowest BCUT2D eigenvalue weighted by molar-refractivity contribution is 0.0284. The van der Waals surface area contributed by atoms with E-state index in [4.69, 9.17) is 4.74 Å². The highest BCUT2D eigenvalue weighted by Crippen LogP contribution is 2.34. The van der Waals surface area contributed by atoms with Crippen LogP contribution in [0.25, 0.3) is 0 Å². The molecule has 0 radical (unpaired) electrons. The first-order chi connectivity index (χ1) is 14.0. The number of benzene rings is 3. The molecule has 3 aromatic carbocycles. The molecule has 3 aromatic rings. The van der Waals surface area contributed by atoms with E-state index >= 15 is 0 Å². The van der Waals surface area contributed by atoms with Gasteiger partial charge >= 0.3 is 5.97 Å². The van der Waals surface area contributed by atoms with E-state index in [1.807, 2.05) is 81.4 Å². The molecule has 29 heavy (non-hydrogen) atoms. The van der Waals surface area contributed by atoms with Crippen LogP contribution in [0.4, 0.5) is 0 Å². The molecular formula is C26H27O2P. The lowest BCUT2D eigenvalue weighted by atomic mass is 10.0. The van der Waals surface area contributed by atoms with Gasteiger partial charge < -0.3 is 4.74 Å². The van der Waals surface area contributed by atoms with Crippen LogP contribution < -0.4 is 15.9 Å². The van der Waals surface area contributed by atoms with Gasteiger partial charge in [-0.25, -0.2) is 4.79 Å². The van der Waals surface area contributed by atoms with Gasteiger partial charge in [-0.3, -0.25) is 0 Å². The Morgan fingerprint density at radius 2 is 1.31 bits per heavy atom. The fourth-order valence-corrected chi connectivity index (χ4v) is 5.84. The normalized spacial score (nSPS) is 12.0. The molecule has 0 bridgehead atoms. The second-order valence-electron chi connectivity index (χ2n) is 7.44. The number of rotatable bonds is 7. The van der Waals surface area contributed by atoms with E-state index in [1.165, 1.54) is 10.6 Å². The Kier molecular flexibility index (Phi) is 7.01. The smallest absolute Gasteiger partial charge is 0.339 e. The topological polar surface area (TPSA) is 26.3 Å². The van der Waals surface area contributed by atoms with Gasteiger partial charge in [0.2, 0.25) is 0 Å². The minimum absolute atomic E-state index is 0.174. The second kappa shape index (κ2) is 9.67. The molecule has 1 atom stereocenters. The zero-order valence-corrected chi connectivity index (χ0v) is 18.1. The summed E-state index contributed by atoms with van der Waals surface area (Å²) in [5, 5.41) is 3.41. The van der Waals surface area contributed by atoms with E-state index < -0.39 is 7.92 Å². The Hall–Kier alpha value is -2.70. The molecule has 2 nitrogen and oxygen atoms in total. The summed E-state index contributed by atoms with van der Waals surface area (Å²) < 4.78 is 5.89. The molecule has 3 heteroatoms. The lowest BCUT2D eigenvalue weighted by Crippen LogP contribution is -2.29. The molecule has 0 N–H and O–H groups in total. The number of hydrogen-bond donors (Lipinski definition) is 0. The van der Waals surface area contributed by atoms with Crippen LogP contribution in [0.3, 0.4) is 0 Å². The maximum atomic E-state index is 13.2. The number of carbonyl (C=O) groups is 1. The van der Waals surface area contributed by atoms with Gasteiger partial charge in [-0.2, -0.15) is 0 Å². The summed E-state index contributed by atoms with van der Waals surface area (Å²) in [6.45, 7) is 9.99. The number of ether oxygens (including phenoxy) is 1. The second-order valence-corrected chi connectivity index (χ2v) is 9.63. The number of carbonyl (C=O) groups excluding carboxylic acids is 1. The molecule has 0 aliphatic carbocycles. The minimum atomic E-state index is -0.878. The van der Waals surface area contributed by atoms with Crippen LogP contribution in [-0.4, -0.2) is 12.1 Å². The predicted octanol–water partition coefficient (Wildman–Crippen LogP) is 5.20. The zero-order valence-electron chi connectivity index (χ0n) is 17.2. The summed E-state index contributed by atoms with van der Waals surface area (Å²) in [6, 6.07) is 28.5. The van der Waals surface area contributed by atoms with Crippen molar-refractivity contribution >= 4 is 29.8 Å². The van der Waals surface area contributed by atoms with Crippen molar-refractivity contribution in [2.75, 3.05) is 0 Å². The van der Waals surface area contributed by atoms with E-state index in [0.29, 0.717) is 5.56 Å². The van der Waals surface area contributed by atoms with Crippen molar-refractivity contribution in [1.82, 2.24) is 0 Å². The van der Waals surface area contributed by atoms with Crippen molar-refractivity contribution in [1.29, 1.82) is 0 Å². The third-order valence-corrected chi connectivity index (χ3v) is 7.22. The predicted molar refractivity (Wildman–Crippen MR) is 124 cm³/mol. The summed E-state index contributed by atoms with van der Waals surface area (Å²) in [5.74, 6) is -0.116. The van der Waals surface area contributed by atoms with Crippen LogP contribution in [-0.2, 0) is 4.74 Å². The van der Waals surface area contributed by atoms with Gasteiger partial charge in [0.25, 0.3) is 0 Å². The summed E-state index contributed by atoms with van der Waals surface area (Å²) in [7, 11) is -0.878. The monoisotopic (exact) mass is 402 g/mol. The largest absolute Gasteiger partial charge is 0.454 e. The number of hydrogen-bond acceptors (Lipinski definition) is 2. The minimum Gasteiger partial charge on any atom is -0.454 e. The van der Waals surface area contributed by atoms with Crippen molar-refractivity contribution in [3.05, 3.63) is 103 Å². The van der Waals surface area contributed by atoms with Crippen LogP contribution >= 0.6 is 7.92 Å². The van der Waals surface area contributed by atoms with Crippen LogP contribution in [0.15, 0.2) is 97.1 Å².